The zero-order valence-electron chi connectivity index (χ0n) is 9.61. The van der Waals surface area contributed by atoms with Gasteiger partial charge in [-0.1, -0.05) is 0 Å². The fourth-order valence-electron chi connectivity index (χ4n) is 1.31. The summed E-state index contributed by atoms with van der Waals surface area (Å²) in [5.41, 5.74) is -0.473. The predicted molar refractivity (Wildman–Crippen MR) is 60.6 cm³/mol. The van der Waals surface area contributed by atoms with E-state index in [-0.39, 0.29) is 12.7 Å². The van der Waals surface area contributed by atoms with Crippen molar-refractivity contribution >= 4 is 11.6 Å². The number of nitriles is 1. The van der Waals surface area contributed by atoms with Gasteiger partial charge in [0.25, 0.3) is 0 Å². The number of nitrogens with one attached hydrogen (secondary N) is 1. The van der Waals surface area contributed by atoms with Gasteiger partial charge in [0.2, 0.25) is 12.7 Å². The van der Waals surface area contributed by atoms with Gasteiger partial charge in [-0.15, -0.1) is 0 Å². The van der Waals surface area contributed by atoms with E-state index in [0.717, 1.165) is 0 Å². The first kappa shape index (κ1) is 11.3. The highest BCUT2D eigenvalue weighted by Crippen LogP contribution is 2.34. The normalized spacial score (nSPS) is 13.0. The van der Waals surface area contributed by atoms with Gasteiger partial charge in [0.15, 0.2) is 11.5 Å². The number of carbonyl (C=O) groups is 1. The van der Waals surface area contributed by atoms with Crippen molar-refractivity contribution in [2.75, 3.05) is 12.1 Å². The van der Waals surface area contributed by atoms with E-state index in [1.54, 1.807) is 32.0 Å². The monoisotopic (exact) mass is 232 g/mol. The minimum atomic E-state index is -1.06. The van der Waals surface area contributed by atoms with Crippen LogP contribution < -0.4 is 14.8 Å². The number of fused-ring (bicyclic) bond motifs is 1. The Labute approximate surface area is 98.9 Å². The fraction of sp³-hybridized carbons (Fsp3) is 0.333. The Bertz CT molecular complexity index is 503. The van der Waals surface area contributed by atoms with Crippen LogP contribution in [-0.2, 0) is 4.79 Å². The maximum atomic E-state index is 11.8. The van der Waals surface area contributed by atoms with E-state index >= 15 is 0 Å². The van der Waals surface area contributed by atoms with Crippen molar-refractivity contribution in [2.45, 2.75) is 13.8 Å². The molecule has 0 radical (unpaired) electrons. The highest BCUT2D eigenvalue weighted by atomic mass is 16.7. The summed E-state index contributed by atoms with van der Waals surface area (Å²) in [6.45, 7) is 3.32. The molecule has 5 nitrogen and oxygen atoms in total. The molecule has 0 atom stereocenters. The van der Waals surface area contributed by atoms with Gasteiger partial charge in [-0.25, -0.2) is 0 Å². The van der Waals surface area contributed by atoms with E-state index < -0.39 is 5.41 Å². The van der Waals surface area contributed by atoms with Crippen molar-refractivity contribution < 1.29 is 14.3 Å². The molecule has 0 aromatic heterocycles. The van der Waals surface area contributed by atoms with Gasteiger partial charge in [-0.2, -0.15) is 5.26 Å². The second-order valence-electron chi connectivity index (χ2n) is 4.26. The van der Waals surface area contributed by atoms with E-state index in [1.807, 2.05) is 6.07 Å². The van der Waals surface area contributed by atoms with Crippen LogP contribution in [0.2, 0.25) is 0 Å². The average Bonchev–Trinajstić information content (AvgIpc) is 2.76. The molecule has 0 fully saturated rings. The molecule has 0 spiro atoms. The third kappa shape index (κ3) is 2.16. The van der Waals surface area contributed by atoms with Crippen molar-refractivity contribution in [3.8, 4) is 17.6 Å². The van der Waals surface area contributed by atoms with Crippen LogP contribution in [0.3, 0.4) is 0 Å². The molecule has 2 rings (SSSR count). The van der Waals surface area contributed by atoms with Gasteiger partial charge < -0.3 is 14.8 Å². The molecule has 0 unspecified atom stereocenters. The van der Waals surface area contributed by atoms with E-state index in [4.69, 9.17) is 14.7 Å². The highest BCUT2D eigenvalue weighted by Gasteiger charge is 2.27. The first-order valence-corrected chi connectivity index (χ1v) is 5.15. The Morgan fingerprint density at radius 2 is 2.12 bits per heavy atom. The number of hydrogen-bond acceptors (Lipinski definition) is 4. The average molecular weight is 232 g/mol. The summed E-state index contributed by atoms with van der Waals surface area (Å²) in [5.74, 6) is 0.902. The molecule has 0 aliphatic carbocycles. The Morgan fingerprint density at radius 3 is 2.82 bits per heavy atom. The largest absolute Gasteiger partial charge is 0.454 e. The van der Waals surface area contributed by atoms with Gasteiger partial charge in [0.1, 0.15) is 5.41 Å². The van der Waals surface area contributed by atoms with Crippen LogP contribution in [0, 0.1) is 16.7 Å². The quantitative estimate of drug-likeness (QED) is 0.845. The van der Waals surface area contributed by atoms with Crippen LogP contribution in [0.15, 0.2) is 18.2 Å². The summed E-state index contributed by atoms with van der Waals surface area (Å²) in [4.78, 5) is 11.8. The summed E-state index contributed by atoms with van der Waals surface area (Å²) < 4.78 is 10.4. The topological polar surface area (TPSA) is 71.4 Å². The lowest BCUT2D eigenvalue weighted by Gasteiger charge is -2.15. The maximum absolute atomic E-state index is 11.8. The summed E-state index contributed by atoms with van der Waals surface area (Å²) in [6.07, 6.45) is 0. The van der Waals surface area contributed by atoms with Gasteiger partial charge >= 0.3 is 0 Å². The Hall–Kier alpha value is -2.22. The molecule has 17 heavy (non-hydrogen) atoms. The molecule has 5 heteroatoms. The lowest BCUT2D eigenvalue weighted by molar-refractivity contribution is -0.121. The lowest BCUT2D eigenvalue weighted by Crippen LogP contribution is -2.29. The van der Waals surface area contributed by atoms with Crippen molar-refractivity contribution in [3.05, 3.63) is 18.2 Å². The number of benzene rings is 1. The predicted octanol–water partition coefficient (Wildman–Crippen LogP) is 1.90. The third-order valence-corrected chi connectivity index (χ3v) is 2.48. The molecule has 88 valence electrons. The summed E-state index contributed by atoms with van der Waals surface area (Å²) in [7, 11) is 0. The zero-order chi connectivity index (χ0) is 12.5. The smallest absolute Gasteiger partial charge is 0.244 e. The number of nitrogens with zero attached hydrogens (tertiary/aromatic N) is 1. The van der Waals surface area contributed by atoms with Crippen molar-refractivity contribution in [3.63, 3.8) is 0 Å². The Morgan fingerprint density at radius 1 is 1.41 bits per heavy atom. The van der Waals surface area contributed by atoms with E-state index in [2.05, 4.69) is 5.32 Å². The summed E-state index contributed by atoms with van der Waals surface area (Å²) in [5, 5.41) is 11.5. The fourth-order valence-corrected chi connectivity index (χ4v) is 1.31. The van der Waals surface area contributed by atoms with Gasteiger partial charge in [-0.05, 0) is 26.0 Å². The lowest BCUT2D eigenvalue weighted by atomic mass is 9.94. The van der Waals surface area contributed by atoms with Crippen LogP contribution in [0.4, 0.5) is 5.69 Å². The molecule has 1 N–H and O–H groups in total. The molecule has 0 saturated heterocycles. The van der Waals surface area contributed by atoms with Gasteiger partial charge in [-0.3, -0.25) is 4.79 Å². The highest BCUT2D eigenvalue weighted by molar-refractivity contribution is 5.96. The van der Waals surface area contributed by atoms with Gasteiger partial charge in [0.05, 0.1) is 6.07 Å². The minimum Gasteiger partial charge on any atom is -0.454 e. The number of rotatable bonds is 2. The van der Waals surface area contributed by atoms with Crippen LogP contribution in [0.25, 0.3) is 0 Å². The Kier molecular flexibility index (Phi) is 2.64. The summed E-state index contributed by atoms with van der Waals surface area (Å²) in [6, 6.07) is 7.05. The molecule has 0 saturated carbocycles. The number of hydrogen-bond donors (Lipinski definition) is 1. The SMILES string of the molecule is CC(C)(C#N)C(=O)Nc1ccc2c(c1)OCO2. The van der Waals surface area contributed by atoms with Crippen LogP contribution in [0.5, 0.6) is 11.5 Å². The second kappa shape index (κ2) is 3.98. The molecule has 1 amide bonds. The van der Waals surface area contributed by atoms with E-state index in [9.17, 15) is 4.79 Å². The third-order valence-electron chi connectivity index (χ3n) is 2.48. The molecule has 1 aliphatic rings. The zero-order valence-corrected chi connectivity index (χ0v) is 9.61. The number of anilines is 1. The first-order valence-electron chi connectivity index (χ1n) is 5.15. The minimum absolute atomic E-state index is 0.191. The molecule has 1 aromatic rings. The Balaban J connectivity index is 2.15. The standard InChI is InChI=1S/C12H12N2O3/c1-12(2,6-13)11(15)14-8-3-4-9-10(5-8)17-7-16-9/h3-5H,7H2,1-2H3,(H,14,15). The number of ether oxygens (including phenoxy) is 2. The second-order valence-corrected chi connectivity index (χ2v) is 4.26. The number of carbonyl (C=O) groups excluding carboxylic acids is 1. The van der Waals surface area contributed by atoms with Gasteiger partial charge in [0, 0.05) is 11.8 Å². The number of amides is 1. The molecule has 1 aromatic carbocycles. The van der Waals surface area contributed by atoms with Crippen molar-refractivity contribution in [1.29, 1.82) is 5.26 Å². The maximum Gasteiger partial charge on any atom is 0.244 e. The van der Waals surface area contributed by atoms with Crippen molar-refractivity contribution in [2.24, 2.45) is 5.41 Å². The molecule has 0 bridgehead atoms. The van der Waals surface area contributed by atoms with E-state index in [1.165, 1.54) is 0 Å². The van der Waals surface area contributed by atoms with Crippen LogP contribution in [-0.4, -0.2) is 12.7 Å². The first-order chi connectivity index (χ1) is 8.03. The van der Waals surface area contributed by atoms with Crippen molar-refractivity contribution in [1.82, 2.24) is 0 Å². The van der Waals surface area contributed by atoms with E-state index in [0.29, 0.717) is 17.2 Å². The molecular formula is C12H12N2O3. The van der Waals surface area contributed by atoms with Crippen LogP contribution >= 0.6 is 0 Å². The summed E-state index contributed by atoms with van der Waals surface area (Å²) >= 11 is 0. The molecular weight excluding hydrogens is 220 g/mol. The molecule has 1 aliphatic heterocycles. The molecule has 1 heterocycles. The van der Waals surface area contributed by atoms with Crippen LogP contribution in [0.1, 0.15) is 13.8 Å².